The SMILES string of the molecule is CC1CCC(C(C)C)C(N)(Cc2cccc(O)c2)C1. The number of rotatable bonds is 3. The maximum Gasteiger partial charge on any atom is 0.115 e. The van der Waals surface area contributed by atoms with Gasteiger partial charge in [-0.25, -0.2) is 0 Å². The van der Waals surface area contributed by atoms with E-state index in [9.17, 15) is 5.11 Å². The number of nitrogens with two attached hydrogens (primary N) is 1. The van der Waals surface area contributed by atoms with Crippen molar-refractivity contribution in [2.24, 2.45) is 23.5 Å². The molecule has 0 heterocycles. The molecule has 1 saturated carbocycles. The molecule has 1 aliphatic carbocycles. The fourth-order valence-electron chi connectivity index (χ4n) is 3.90. The number of hydrogen-bond acceptors (Lipinski definition) is 2. The van der Waals surface area contributed by atoms with Crippen LogP contribution in [0.2, 0.25) is 0 Å². The molecule has 106 valence electrons. The van der Waals surface area contributed by atoms with Crippen molar-refractivity contribution in [1.82, 2.24) is 0 Å². The monoisotopic (exact) mass is 261 g/mol. The highest BCUT2D eigenvalue weighted by Gasteiger charge is 2.41. The van der Waals surface area contributed by atoms with E-state index in [-0.39, 0.29) is 5.54 Å². The van der Waals surface area contributed by atoms with E-state index in [1.807, 2.05) is 12.1 Å². The average Bonchev–Trinajstić information content (AvgIpc) is 2.27. The van der Waals surface area contributed by atoms with E-state index in [1.54, 1.807) is 6.07 Å². The lowest BCUT2D eigenvalue weighted by Crippen LogP contribution is -2.54. The van der Waals surface area contributed by atoms with Crippen LogP contribution in [0.5, 0.6) is 5.75 Å². The molecule has 3 unspecified atom stereocenters. The zero-order valence-electron chi connectivity index (χ0n) is 12.4. The van der Waals surface area contributed by atoms with Gasteiger partial charge in [-0.05, 0) is 54.7 Å². The number of phenols is 1. The second kappa shape index (κ2) is 5.54. The van der Waals surface area contributed by atoms with Crippen LogP contribution in [-0.4, -0.2) is 10.6 Å². The van der Waals surface area contributed by atoms with E-state index in [1.165, 1.54) is 12.8 Å². The van der Waals surface area contributed by atoms with Gasteiger partial charge in [-0.2, -0.15) is 0 Å². The van der Waals surface area contributed by atoms with Crippen LogP contribution in [0, 0.1) is 17.8 Å². The van der Waals surface area contributed by atoms with E-state index in [2.05, 4.69) is 26.8 Å². The van der Waals surface area contributed by atoms with Gasteiger partial charge in [0.2, 0.25) is 0 Å². The molecule has 0 saturated heterocycles. The maximum absolute atomic E-state index is 9.61. The summed E-state index contributed by atoms with van der Waals surface area (Å²) in [5.41, 5.74) is 7.82. The van der Waals surface area contributed by atoms with Crippen LogP contribution >= 0.6 is 0 Å². The Hall–Kier alpha value is -1.02. The minimum absolute atomic E-state index is 0.125. The molecular formula is C17H27NO. The second-order valence-corrected chi connectivity index (χ2v) is 6.82. The summed E-state index contributed by atoms with van der Waals surface area (Å²) < 4.78 is 0. The molecule has 1 fully saturated rings. The van der Waals surface area contributed by atoms with Gasteiger partial charge in [0.25, 0.3) is 0 Å². The van der Waals surface area contributed by atoms with Gasteiger partial charge in [-0.3, -0.25) is 0 Å². The average molecular weight is 261 g/mol. The fraction of sp³-hybridized carbons (Fsp3) is 0.647. The molecule has 2 nitrogen and oxygen atoms in total. The van der Waals surface area contributed by atoms with Crippen LogP contribution in [0.4, 0.5) is 0 Å². The first-order valence-electron chi connectivity index (χ1n) is 7.47. The molecule has 2 heteroatoms. The Morgan fingerprint density at radius 2 is 2.11 bits per heavy atom. The number of benzene rings is 1. The lowest BCUT2D eigenvalue weighted by molar-refractivity contribution is 0.109. The topological polar surface area (TPSA) is 46.2 Å². The molecule has 0 amide bonds. The molecule has 3 atom stereocenters. The first-order chi connectivity index (χ1) is 8.90. The highest BCUT2D eigenvalue weighted by molar-refractivity contribution is 5.29. The van der Waals surface area contributed by atoms with Crippen molar-refractivity contribution in [3.63, 3.8) is 0 Å². The molecule has 0 radical (unpaired) electrons. The molecule has 0 bridgehead atoms. The standard InChI is InChI=1S/C17H27NO/c1-12(2)16-8-7-13(3)10-17(16,18)11-14-5-4-6-15(19)9-14/h4-6,9,12-13,16,19H,7-8,10-11,18H2,1-3H3. The van der Waals surface area contributed by atoms with Gasteiger partial charge in [0, 0.05) is 5.54 Å². The molecule has 0 spiro atoms. The molecule has 0 aliphatic heterocycles. The highest BCUT2D eigenvalue weighted by Crippen LogP contribution is 2.41. The van der Waals surface area contributed by atoms with Crippen molar-refractivity contribution in [3.05, 3.63) is 29.8 Å². The van der Waals surface area contributed by atoms with Crippen LogP contribution < -0.4 is 5.73 Å². The zero-order valence-corrected chi connectivity index (χ0v) is 12.4. The van der Waals surface area contributed by atoms with Crippen LogP contribution in [-0.2, 0) is 6.42 Å². The van der Waals surface area contributed by atoms with Gasteiger partial charge in [0.05, 0.1) is 0 Å². The van der Waals surface area contributed by atoms with Crippen LogP contribution in [0.1, 0.15) is 45.6 Å². The van der Waals surface area contributed by atoms with Gasteiger partial charge in [0.1, 0.15) is 5.75 Å². The zero-order chi connectivity index (χ0) is 14.0. The second-order valence-electron chi connectivity index (χ2n) is 6.82. The predicted octanol–water partition coefficient (Wildman–Crippen LogP) is 3.72. The van der Waals surface area contributed by atoms with E-state index < -0.39 is 0 Å². The molecule has 1 aromatic rings. The van der Waals surface area contributed by atoms with E-state index in [4.69, 9.17) is 5.73 Å². The molecular weight excluding hydrogens is 234 g/mol. The third-order valence-corrected chi connectivity index (χ3v) is 4.69. The fourth-order valence-corrected chi connectivity index (χ4v) is 3.90. The molecule has 19 heavy (non-hydrogen) atoms. The lowest BCUT2D eigenvalue weighted by Gasteiger charge is -2.46. The summed E-state index contributed by atoms with van der Waals surface area (Å²) in [6.45, 7) is 6.87. The Labute approximate surface area is 117 Å². The Bertz CT molecular complexity index is 429. The third-order valence-electron chi connectivity index (χ3n) is 4.69. The van der Waals surface area contributed by atoms with Gasteiger partial charge in [-0.1, -0.05) is 39.3 Å². The Morgan fingerprint density at radius 1 is 1.37 bits per heavy atom. The summed E-state index contributed by atoms with van der Waals surface area (Å²) in [5.74, 6) is 2.24. The van der Waals surface area contributed by atoms with E-state index in [0.29, 0.717) is 23.5 Å². The summed E-state index contributed by atoms with van der Waals surface area (Å²) in [6, 6.07) is 7.55. The summed E-state index contributed by atoms with van der Waals surface area (Å²) in [5, 5.41) is 9.61. The predicted molar refractivity (Wildman–Crippen MR) is 80.1 cm³/mol. The van der Waals surface area contributed by atoms with Crippen molar-refractivity contribution in [3.8, 4) is 5.75 Å². The van der Waals surface area contributed by atoms with Gasteiger partial charge < -0.3 is 10.8 Å². The first-order valence-corrected chi connectivity index (χ1v) is 7.47. The largest absolute Gasteiger partial charge is 0.508 e. The van der Waals surface area contributed by atoms with Crippen molar-refractivity contribution in [1.29, 1.82) is 0 Å². The quantitative estimate of drug-likeness (QED) is 0.871. The van der Waals surface area contributed by atoms with E-state index in [0.717, 1.165) is 18.4 Å². The number of phenolic OH excluding ortho intramolecular Hbond substituents is 1. The molecule has 1 aliphatic rings. The Kier molecular flexibility index (Phi) is 4.19. The summed E-state index contributed by atoms with van der Waals surface area (Å²) >= 11 is 0. The molecule has 1 aromatic carbocycles. The summed E-state index contributed by atoms with van der Waals surface area (Å²) in [6.07, 6.45) is 4.48. The van der Waals surface area contributed by atoms with Crippen LogP contribution in [0.3, 0.4) is 0 Å². The van der Waals surface area contributed by atoms with Crippen LogP contribution in [0.25, 0.3) is 0 Å². The Morgan fingerprint density at radius 3 is 2.74 bits per heavy atom. The van der Waals surface area contributed by atoms with E-state index >= 15 is 0 Å². The van der Waals surface area contributed by atoms with Crippen molar-refractivity contribution < 1.29 is 5.11 Å². The van der Waals surface area contributed by atoms with Crippen LogP contribution in [0.15, 0.2) is 24.3 Å². The molecule has 3 N–H and O–H groups in total. The van der Waals surface area contributed by atoms with Gasteiger partial charge in [-0.15, -0.1) is 0 Å². The minimum atomic E-state index is -0.125. The van der Waals surface area contributed by atoms with Crippen molar-refractivity contribution in [2.75, 3.05) is 0 Å². The highest BCUT2D eigenvalue weighted by atomic mass is 16.3. The first kappa shape index (κ1) is 14.4. The van der Waals surface area contributed by atoms with Crippen molar-refractivity contribution in [2.45, 2.75) is 52.0 Å². The normalized spacial score (nSPS) is 31.6. The third kappa shape index (κ3) is 3.30. The Balaban J connectivity index is 2.21. The maximum atomic E-state index is 9.61. The van der Waals surface area contributed by atoms with Crippen molar-refractivity contribution >= 4 is 0 Å². The molecule has 0 aromatic heterocycles. The van der Waals surface area contributed by atoms with Gasteiger partial charge >= 0.3 is 0 Å². The smallest absolute Gasteiger partial charge is 0.115 e. The van der Waals surface area contributed by atoms with Gasteiger partial charge in [0.15, 0.2) is 0 Å². The minimum Gasteiger partial charge on any atom is -0.508 e. The number of aromatic hydroxyl groups is 1. The summed E-state index contributed by atoms with van der Waals surface area (Å²) in [7, 11) is 0. The lowest BCUT2D eigenvalue weighted by atomic mass is 9.63. The number of hydrogen-bond donors (Lipinski definition) is 2. The molecule has 2 rings (SSSR count). The summed E-state index contributed by atoms with van der Waals surface area (Å²) in [4.78, 5) is 0.